The fourth-order valence-electron chi connectivity index (χ4n) is 1.58. The average molecular weight is 402 g/mol. The lowest BCUT2D eigenvalue weighted by atomic mass is 10.1. The summed E-state index contributed by atoms with van der Waals surface area (Å²) in [5.74, 6) is 0.483. The highest BCUT2D eigenvalue weighted by Gasteiger charge is 2.23. The van der Waals surface area contributed by atoms with Crippen LogP contribution in [0, 0.1) is 22.7 Å². The number of rotatable bonds is 2. The largest absolute Gasteiger partial charge is 0.453 e. The van der Waals surface area contributed by atoms with Crippen LogP contribution in [0.1, 0.15) is 11.1 Å². The van der Waals surface area contributed by atoms with Crippen LogP contribution in [0.5, 0.6) is 11.5 Å². The lowest BCUT2D eigenvalue weighted by Crippen LogP contribution is -1.95. The summed E-state index contributed by atoms with van der Waals surface area (Å²) < 4.78 is 6.31. The summed E-state index contributed by atoms with van der Waals surface area (Å²) in [5.41, 5.74) is -0.149. The zero-order valence-corrected chi connectivity index (χ0v) is 14.0. The number of hydrogen-bond donors (Lipinski definition) is 0. The van der Waals surface area contributed by atoms with Crippen LogP contribution in [0.2, 0.25) is 15.1 Å². The molecule has 0 unspecified atom stereocenters. The number of nitrogens with zero attached hydrogens (tertiary/aromatic N) is 2. The Morgan fingerprint density at radius 3 is 2.05 bits per heavy atom. The van der Waals surface area contributed by atoms with E-state index >= 15 is 0 Å². The van der Waals surface area contributed by atoms with Gasteiger partial charge in [-0.3, -0.25) is 0 Å². The van der Waals surface area contributed by atoms with Crippen molar-refractivity contribution in [3.05, 3.63) is 54.9 Å². The van der Waals surface area contributed by atoms with Crippen molar-refractivity contribution in [1.29, 1.82) is 10.5 Å². The average Bonchev–Trinajstić information content (AvgIpc) is 2.48. The van der Waals surface area contributed by atoms with E-state index in [1.54, 1.807) is 18.2 Å². The number of para-hydroxylation sites is 1. The van der Waals surface area contributed by atoms with E-state index in [9.17, 15) is 0 Å². The maximum atomic E-state index is 9.14. The van der Waals surface area contributed by atoms with Crippen molar-refractivity contribution in [2.75, 3.05) is 0 Å². The predicted molar refractivity (Wildman–Crippen MR) is 85.1 cm³/mol. The van der Waals surface area contributed by atoms with E-state index in [-0.39, 0.29) is 31.9 Å². The molecule has 0 amide bonds. The van der Waals surface area contributed by atoms with Crippen LogP contribution in [0.3, 0.4) is 0 Å². The van der Waals surface area contributed by atoms with Gasteiger partial charge in [0, 0.05) is 0 Å². The topological polar surface area (TPSA) is 56.8 Å². The van der Waals surface area contributed by atoms with Gasteiger partial charge in [0.1, 0.15) is 27.9 Å². The van der Waals surface area contributed by atoms with Crippen molar-refractivity contribution in [2.45, 2.75) is 0 Å². The van der Waals surface area contributed by atoms with Crippen LogP contribution < -0.4 is 4.74 Å². The second-order valence-electron chi connectivity index (χ2n) is 3.78. The first-order valence-electron chi connectivity index (χ1n) is 5.44. The van der Waals surface area contributed by atoms with Gasteiger partial charge in [-0.05, 0) is 28.1 Å². The quantitative estimate of drug-likeness (QED) is 0.584. The number of nitriles is 2. The zero-order chi connectivity index (χ0) is 15.6. The van der Waals surface area contributed by atoms with Crippen molar-refractivity contribution in [2.24, 2.45) is 0 Å². The van der Waals surface area contributed by atoms with Crippen LogP contribution in [-0.4, -0.2) is 0 Å². The van der Waals surface area contributed by atoms with Crippen molar-refractivity contribution < 1.29 is 4.74 Å². The predicted octanol–water partition coefficient (Wildman–Crippen LogP) is 5.94. The third kappa shape index (κ3) is 2.95. The highest BCUT2D eigenvalue weighted by atomic mass is 79.9. The Labute approximate surface area is 144 Å². The molecular weight excluding hydrogens is 398 g/mol. The molecule has 21 heavy (non-hydrogen) atoms. The van der Waals surface area contributed by atoms with Gasteiger partial charge in [-0.15, -0.1) is 0 Å². The molecular formula is C14H4BrCl3N2O. The fraction of sp³-hybridized carbons (Fsp3) is 0. The van der Waals surface area contributed by atoms with Gasteiger partial charge in [0.2, 0.25) is 0 Å². The van der Waals surface area contributed by atoms with Crippen LogP contribution in [0.25, 0.3) is 0 Å². The Morgan fingerprint density at radius 1 is 0.905 bits per heavy atom. The van der Waals surface area contributed by atoms with Crippen LogP contribution >= 0.6 is 50.7 Å². The number of hydrogen-bond acceptors (Lipinski definition) is 3. The molecule has 7 heteroatoms. The van der Waals surface area contributed by atoms with Gasteiger partial charge in [-0.25, -0.2) is 0 Å². The van der Waals surface area contributed by atoms with Gasteiger partial charge in [0.05, 0.1) is 20.6 Å². The van der Waals surface area contributed by atoms with E-state index in [0.29, 0.717) is 10.2 Å². The highest BCUT2D eigenvalue weighted by molar-refractivity contribution is 9.10. The molecule has 104 valence electrons. The van der Waals surface area contributed by atoms with Gasteiger partial charge in [-0.2, -0.15) is 10.5 Å². The Bertz CT molecular complexity index is 809. The summed E-state index contributed by atoms with van der Waals surface area (Å²) in [6.45, 7) is 0. The normalized spacial score (nSPS) is 9.81. The molecule has 3 nitrogen and oxygen atoms in total. The van der Waals surface area contributed by atoms with E-state index in [4.69, 9.17) is 50.1 Å². The Kier molecular flexibility index (Phi) is 4.98. The molecule has 2 aromatic carbocycles. The first kappa shape index (κ1) is 15.9. The van der Waals surface area contributed by atoms with E-state index in [1.165, 1.54) is 0 Å². The van der Waals surface area contributed by atoms with Crippen LogP contribution in [0.4, 0.5) is 0 Å². The molecule has 0 fully saturated rings. The third-order valence-electron chi connectivity index (χ3n) is 2.55. The molecule has 2 rings (SSSR count). The lowest BCUT2D eigenvalue weighted by Gasteiger charge is -2.14. The van der Waals surface area contributed by atoms with Gasteiger partial charge in [-0.1, -0.05) is 46.9 Å². The van der Waals surface area contributed by atoms with Crippen molar-refractivity contribution in [3.8, 4) is 23.6 Å². The maximum absolute atomic E-state index is 9.14. The van der Waals surface area contributed by atoms with Crippen molar-refractivity contribution in [1.82, 2.24) is 0 Å². The molecule has 0 radical (unpaired) electrons. The minimum atomic E-state index is -0.0753. The summed E-state index contributed by atoms with van der Waals surface area (Å²) in [6, 6.07) is 10.7. The monoisotopic (exact) mass is 400 g/mol. The third-order valence-corrected chi connectivity index (χ3v) is 4.40. The van der Waals surface area contributed by atoms with Crippen LogP contribution in [-0.2, 0) is 0 Å². The first-order valence-corrected chi connectivity index (χ1v) is 7.37. The molecule has 0 bridgehead atoms. The molecule has 0 N–H and O–H groups in total. The Hall–Kier alpha value is -1.43. The number of benzene rings is 2. The van der Waals surface area contributed by atoms with E-state index in [2.05, 4.69) is 15.9 Å². The van der Waals surface area contributed by atoms with Crippen LogP contribution in [0.15, 0.2) is 28.7 Å². The first-order chi connectivity index (χ1) is 10.0. The van der Waals surface area contributed by atoms with Crippen molar-refractivity contribution >= 4 is 50.7 Å². The zero-order valence-electron chi connectivity index (χ0n) is 10.1. The summed E-state index contributed by atoms with van der Waals surface area (Å²) >= 11 is 21.5. The molecule has 0 saturated carbocycles. The van der Waals surface area contributed by atoms with Gasteiger partial charge >= 0.3 is 0 Å². The molecule has 0 aromatic heterocycles. The number of halogens is 4. The minimum Gasteiger partial charge on any atom is -0.453 e. The fourth-order valence-corrected chi connectivity index (χ4v) is 2.71. The molecule has 0 aliphatic carbocycles. The Morgan fingerprint density at radius 2 is 1.48 bits per heavy atom. The van der Waals surface area contributed by atoms with E-state index in [0.717, 1.165) is 0 Å². The lowest BCUT2D eigenvalue weighted by molar-refractivity contribution is 0.480. The molecule has 0 atom stereocenters. The molecule has 0 saturated heterocycles. The van der Waals surface area contributed by atoms with E-state index in [1.807, 2.05) is 18.2 Å². The Balaban J connectivity index is 2.67. The van der Waals surface area contributed by atoms with Crippen molar-refractivity contribution in [3.63, 3.8) is 0 Å². The second kappa shape index (κ2) is 6.56. The van der Waals surface area contributed by atoms with E-state index < -0.39 is 0 Å². The number of ether oxygens (including phenoxy) is 1. The molecule has 0 heterocycles. The molecule has 2 aromatic rings. The highest BCUT2D eigenvalue weighted by Crippen LogP contribution is 2.45. The molecule has 0 aliphatic heterocycles. The SMILES string of the molecule is N#Cc1c(Cl)c(Cl)c(Oc2ccccc2Br)c(Cl)c1C#N. The minimum absolute atomic E-state index is 0.0204. The summed E-state index contributed by atoms with van der Waals surface area (Å²) in [5, 5.41) is 18.0. The van der Waals surface area contributed by atoms with Gasteiger partial charge in [0.15, 0.2) is 5.75 Å². The smallest absolute Gasteiger partial charge is 0.167 e. The van der Waals surface area contributed by atoms with Gasteiger partial charge in [0.25, 0.3) is 0 Å². The molecule has 0 aliphatic rings. The summed E-state index contributed by atoms with van der Waals surface area (Å²) in [7, 11) is 0. The summed E-state index contributed by atoms with van der Waals surface area (Å²) in [6.07, 6.45) is 0. The second-order valence-corrected chi connectivity index (χ2v) is 5.77. The maximum Gasteiger partial charge on any atom is 0.167 e. The standard InChI is InChI=1S/C14H4BrCl3N2O/c15-9-3-1-2-4-10(9)21-14-12(17)8(6-20)7(5-19)11(16)13(14)18/h1-4H. The van der Waals surface area contributed by atoms with Gasteiger partial charge < -0.3 is 4.74 Å². The summed E-state index contributed by atoms with van der Waals surface area (Å²) in [4.78, 5) is 0. The molecule has 0 spiro atoms.